The van der Waals surface area contributed by atoms with Gasteiger partial charge in [-0.2, -0.15) is 0 Å². The van der Waals surface area contributed by atoms with Crippen LogP contribution in [0.25, 0.3) is 0 Å². The number of nitro groups is 1. The van der Waals surface area contributed by atoms with Crippen LogP contribution in [0, 0.1) is 10.1 Å². The molecule has 1 unspecified atom stereocenters. The van der Waals surface area contributed by atoms with E-state index in [0.717, 1.165) is 0 Å². The Morgan fingerprint density at radius 2 is 2.18 bits per heavy atom. The quantitative estimate of drug-likeness (QED) is 0.510. The molecule has 0 aromatic carbocycles. The SMILES string of the molecule is CNc1cc([N+](=O)[O-])cc(NC(C)CCO)n1. The third-order valence-corrected chi connectivity index (χ3v) is 2.23. The number of rotatable bonds is 6. The maximum absolute atomic E-state index is 10.7. The molecule has 1 rings (SSSR count). The molecular formula is C10H16N4O3. The molecule has 1 aromatic rings. The normalized spacial score (nSPS) is 11.9. The Kier molecular flexibility index (Phi) is 4.65. The number of aromatic nitrogens is 1. The van der Waals surface area contributed by atoms with E-state index in [1.54, 1.807) is 7.05 Å². The minimum Gasteiger partial charge on any atom is -0.396 e. The van der Waals surface area contributed by atoms with Crippen LogP contribution in [-0.4, -0.2) is 34.7 Å². The van der Waals surface area contributed by atoms with Crippen molar-refractivity contribution in [1.82, 2.24) is 4.98 Å². The molecular weight excluding hydrogens is 224 g/mol. The van der Waals surface area contributed by atoms with Crippen LogP contribution in [0.3, 0.4) is 0 Å². The number of hydrogen-bond acceptors (Lipinski definition) is 6. The molecule has 0 aliphatic carbocycles. The van der Waals surface area contributed by atoms with Crippen LogP contribution in [0.1, 0.15) is 13.3 Å². The molecule has 0 radical (unpaired) electrons. The molecule has 0 amide bonds. The van der Waals surface area contributed by atoms with Crippen molar-refractivity contribution in [2.75, 3.05) is 24.3 Å². The van der Waals surface area contributed by atoms with Crippen LogP contribution >= 0.6 is 0 Å². The predicted molar refractivity (Wildman–Crippen MR) is 65.2 cm³/mol. The Labute approximate surface area is 99.0 Å². The third kappa shape index (κ3) is 3.87. The number of aliphatic hydroxyl groups is 1. The zero-order chi connectivity index (χ0) is 12.8. The smallest absolute Gasteiger partial charge is 0.276 e. The van der Waals surface area contributed by atoms with Crippen molar-refractivity contribution in [3.63, 3.8) is 0 Å². The summed E-state index contributed by atoms with van der Waals surface area (Å²) in [5.41, 5.74) is -0.0250. The maximum atomic E-state index is 10.7. The van der Waals surface area contributed by atoms with E-state index in [4.69, 9.17) is 5.11 Å². The lowest BCUT2D eigenvalue weighted by Gasteiger charge is -2.13. The van der Waals surface area contributed by atoms with Crippen LogP contribution in [0.4, 0.5) is 17.3 Å². The number of pyridine rings is 1. The highest BCUT2D eigenvalue weighted by atomic mass is 16.6. The number of aliphatic hydroxyl groups excluding tert-OH is 1. The van der Waals surface area contributed by atoms with Gasteiger partial charge in [0.25, 0.3) is 5.69 Å². The van der Waals surface area contributed by atoms with Gasteiger partial charge in [-0.25, -0.2) is 4.98 Å². The molecule has 0 aliphatic heterocycles. The van der Waals surface area contributed by atoms with E-state index in [1.807, 2.05) is 6.92 Å². The first-order valence-corrected chi connectivity index (χ1v) is 5.28. The van der Waals surface area contributed by atoms with E-state index >= 15 is 0 Å². The minimum atomic E-state index is -0.468. The summed E-state index contributed by atoms with van der Waals surface area (Å²) in [7, 11) is 1.65. The van der Waals surface area contributed by atoms with Gasteiger partial charge in [-0.1, -0.05) is 0 Å². The van der Waals surface area contributed by atoms with Crippen LogP contribution in [0.2, 0.25) is 0 Å². The van der Waals surface area contributed by atoms with Gasteiger partial charge < -0.3 is 15.7 Å². The predicted octanol–water partition coefficient (Wildman–Crippen LogP) is 1.21. The summed E-state index contributed by atoms with van der Waals surface area (Å²) < 4.78 is 0. The lowest BCUT2D eigenvalue weighted by molar-refractivity contribution is -0.384. The van der Waals surface area contributed by atoms with Crippen molar-refractivity contribution < 1.29 is 10.0 Å². The van der Waals surface area contributed by atoms with E-state index in [2.05, 4.69) is 15.6 Å². The molecule has 1 atom stereocenters. The minimum absolute atomic E-state index is 0.000731. The van der Waals surface area contributed by atoms with E-state index in [0.29, 0.717) is 18.1 Å². The Bertz CT molecular complexity index is 397. The van der Waals surface area contributed by atoms with Gasteiger partial charge in [-0.15, -0.1) is 0 Å². The molecule has 0 saturated heterocycles. The van der Waals surface area contributed by atoms with Gasteiger partial charge in [0, 0.05) is 19.7 Å². The average molecular weight is 240 g/mol. The number of anilines is 2. The number of nitrogens with one attached hydrogen (secondary N) is 2. The average Bonchev–Trinajstić information content (AvgIpc) is 2.28. The summed E-state index contributed by atoms with van der Waals surface area (Å²) >= 11 is 0. The zero-order valence-corrected chi connectivity index (χ0v) is 9.80. The van der Waals surface area contributed by atoms with Gasteiger partial charge in [0.15, 0.2) is 0 Å². The van der Waals surface area contributed by atoms with E-state index in [-0.39, 0.29) is 18.3 Å². The van der Waals surface area contributed by atoms with Gasteiger partial charge >= 0.3 is 0 Å². The second-order valence-electron chi connectivity index (χ2n) is 3.66. The second kappa shape index (κ2) is 6.00. The molecule has 17 heavy (non-hydrogen) atoms. The first-order valence-electron chi connectivity index (χ1n) is 5.28. The highest BCUT2D eigenvalue weighted by Gasteiger charge is 2.11. The summed E-state index contributed by atoms with van der Waals surface area (Å²) in [6, 6.07) is 2.73. The van der Waals surface area contributed by atoms with Crippen molar-refractivity contribution in [3.8, 4) is 0 Å². The van der Waals surface area contributed by atoms with Gasteiger partial charge in [-0.05, 0) is 13.3 Å². The first-order chi connectivity index (χ1) is 8.06. The molecule has 0 fully saturated rings. The van der Waals surface area contributed by atoms with E-state index in [9.17, 15) is 10.1 Å². The molecule has 7 heteroatoms. The highest BCUT2D eigenvalue weighted by Crippen LogP contribution is 2.20. The van der Waals surface area contributed by atoms with Gasteiger partial charge in [0.05, 0.1) is 17.1 Å². The molecule has 0 bridgehead atoms. The number of nitrogens with zero attached hydrogens (tertiary/aromatic N) is 2. The first kappa shape index (κ1) is 13.2. The zero-order valence-electron chi connectivity index (χ0n) is 9.80. The van der Waals surface area contributed by atoms with E-state index in [1.165, 1.54) is 12.1 Å². The van der Waals surface area contributed by atoms with Crippen molar-refractivity contribution in [2.45, 2.75) is 19.4 Å². The van der Waals surface area contributed by atoms with Gasteiger partial charge in [-0.3, -0.25) is 10.1 Å². The molecule has 94 valence electrons. The Balaban J connectivity index is 2.90. The molecule has 0 aliphatic rings. The Morgan fingerprint density at radius 3 is 2.71 bits per heavy atom. The maximum Gasteiger partial charge on any atom is 0.276 e. The van der Waals surface area contributed by atoms with Gasteiger partial charge in [0.1, 0.15) is 11.6 Å². The fourth-order valence-electron chi connectivity index (χ4n) is 1.34. The van der Waals surface area contributed by atoms with Crippen LogP contribution in [0.15, 0.2) is 12.1 Å². The van der Waals surface area contributed by atoms with Crippen LogP contribution < -0.4 is 10.6 Å². The van der Waals surface area contributed by atoms with Crippen molar-refractivity contribution >= 4 is 17.3 Å². The van der Waals surface area contributed by atoms with Gasteiger partial charge in [0.2, 0.25) is 0 Å². The molecule has 1 heterocycles. The van der Waals surface area contributed by atoms with Crippen LogP contribution in [-0.2, 0) is 0 Å². The Morgan fingerprint density at radius 1 is 1.53 bits per heavy atom. The second-order valence-corrected chi connectivity index (χ2v) is 3.66. The summed E-state index contributed by atoms with van der Waals surface area (Å²) in [5, 5.41) is 25.3. The Hall–Kier alpha value is -1.89. The number of hydrogen-bond donors (Lipinski definition) is 3. The standard InChI is InChI=1S/C10H16N4O3/c1-7(3-4-15)12-10-6-8(14(16)17)5-9(11-2)13-10/h5-7,15H,3-4H2,1-2H3,(H2,11,12,13). The molecule has 7 nitrogen and oxygen atoms in total. The fourth-order valence-corrected chi connectivity index (χ4v) is 1.34. The van der Waals surface area contributed by atoms with Crippen LogP contribution in [0.5, 0.6) is 0 Å². The van der Waals surface area contributed by atoms with Crippen molar-refractivity contribution in [1.29, 1.82) is 0 Å². The summed E-state index contributed by atoms with van der Waals surface area (Å²) in [5.74, 6) is 0.849. The van der Waals surface area contributed by atoms with Crippen molar-refractivity contribution in [2.24, 2.45) is 0 Å². The van der Waals surface area contributed by atoms with Crippen molar-refractivity contribution in [3.05, 3.63) is 22.2 Å². The largest absolute Gasteiger partial charge is 0.396 e. The van der Waals surface area contributed by atoms with E-state index < -0.39 is 4.92 Å². The monoisotopic (exact) mass is 240 g/mol. The lowest BCUT2D eigenvalue weighted by atomic mass is 10.2. The summed E-state index contributed by atoms with van der Waals surface area (Å²) in [4.78, 5) is 14.4. The topological polar surface area (TPSA) is 100 Å². The molecule has 0 spiro atoms. The molecule has 0 saturated carbocycles. The third-order valence-electron chi connectivity index (χ3n) is 2.23. The summed E-state index contributed by atoms with van der Waals surface area (Å²) in [6.07, 6.45) is 0.555. The highest BCUT2D eigenvalue weighted by molar-refractivity contribution is 5.54. The fraction of sp³-hybridized carbons (Fsp3) is 0.500. The summed E-state index contributed by atoms with van der Waals surface area (Å²) in [6.45, 7) is 1.93. The molecule has 3 N–H and O–H groups in total. The molecule has 1 aromatic heterocycles. The lowest BCUT2D eigenvalue weighted by Crippen LogP contribution is -2.17.